The molecule has 0 atom stereocenters. The van der Waals surface area contributed by atoms with Crippen LogP contribution in [0.3, 0.4) is 0 Å². The van der Waals surface area contributed by atoms with E-state index in [2.05, 4.69) is 10.6 Å². The second-order valence-corrected chi connectivity index (χ2v) is 3.88. The minimum Gasteiger partial charge on any atom is -0.355 e. The van der Waals surface area contributed by atoms with E-state index in [1.54, 1.807) is 0 Å². The topological polar surface area (TPSA) is 70.2 Å². The fourth-order valence-corrected chi connectivity index (χ4v) is 1.28. The van der Waals surface area contributed by atoms with Gasteiger partial charge in [0.15, 0.2) is 17.5 Å². The van der Waals surface area contributed by atoms with Gasteiger partial charge >= 0.3 is 6.03 Å². The van der Waals surface area contributed by atoms with E-state index in [0.29, 0.717) is 12.6 Å². The molecule has 0 radical (unpaired) electrons. The fourth-order valence-electron chi connectivity index (χ4n) is 1.28. The number of amides is 3. The Morgan fingerprint density at radius 3 is 2.45 bits per heavy atom. The molecule has 0 unspecified atom stereocenters. The number of benzene rings is 1. The summed E-state index contributed by atoms with van der Waals surface area (Å²) >= 11 is 0. The molecule has 5 nitrogen and oxygen atoms in total. The van der Waals surface area contributed by atoms with Crippen molar-refractivity contribution in [1.29, 1.82) is 0 Å². The van der Waals surface area contributed by atoms with Gasteiger partial charge in [0, 0.05) is 6.54 Å². The van der Waals surface area contributed by atoms with Crippen molar-refractivity contribution in [3.63, 3.8) is 0 Å². The molecule has 0 fully saturated rings. The van der Waals surface area contributed by atoms with Crippen molar-refractivity contribution < 1.29 is 22.8 Å². The minimum atomic E-state index is -1.68. The van der Waals surface area contributed by atoms with Crippen molar-refractivity contribution in [2.45, 2.75) is 13.3 Å². The Balaban J connectivity index is 2.51. The van der Waals surface area contributed by atoms with Crippen LogP contribution in [0.5, 0.6) is 0 Å². The third-order valence-electron chi connectivity index (χ3n) is 2.27. The van der Waals surface area contributed by atoms with Gasteiger partial charge in [0.1, 0.15) is 0 Å². The van der Waals surface area contributed by atoms with E-state index in [9.17, 15) is 22.8 Å². The first kappa shape index (κ1) is 15.8. The molecular formula is C12H14F3N3O2. The molecule has 0 aromatic heterocycles. The Labute approximate surface area is 113 Å². The van der Waals surface area contributed by atoms with Gasteiger partial charge in [0.25, 0.3) is 0 Å². The van der Waals surface area contributed by atoms with Gasteiger partial charge in [-0.05, 0) is 18.6 Å². The largest absolute Gasteiger partial charge is 0.355 e. The molecule has 1 aromatic carbocycles. The molecular weight excluding hydrogens is 275 g/mol. The van der Waals surface area contributed by atoms with Crippen molar-refractivity contribution in [2.24, 2.45) is 0 Å². The molecule has 0 saturated heterocycles. The predicted molar refractivity (Wildman–Crippen MR) is 66.6 cm³/mol. The van der Waals surface area contributed by atoms with E-state index in [1.165, 1.54) is 0 Å². The van der Waals surface area contributed by atoms with Crippen LogP contribution in [-0.4, -0.2) is 25.0 Å². The van der Waals surface area contributed by atoms with E-state index in [4.69, 9.17) is 0 Å². The van der Waals surface area contributed by atoms with Crippen LogP contribution in [0, 0.1) is 17.5 Å². The Morgan fingerprint density at radius 1 is 1.10 bits per heavy atom. The summed E-state index contributed by atoms with van der Waals surface area (Å²) in [6.45, 7) is 2.03. The smallest absolute Gasteiger partial charge is 0.319 e. The second kappa shape index (κ2) is 7.37. The molecule has 0 aliphatic carbocycles. The third kappa shape index (κ3) is 4.45. The Kier molecular flexibility index (Phi) is 5.82. The van der Waals surface area contributed by atoms with Gasteiger partial charge in [-0.25, -0.2) is 18.0 Å². The lowest BCUT2D eigenvalue weighted by Crippen LogP contribution is -2.39. The molecule has 3 N–H and O–H groups in total. The van der Waals surface area contributed by atoms with Gasteiger partial charge in [-0.1, -0.05) is 6.92 Å². The number of urea groups is 1. The highest BCUT2D eigenvalue weighted by Gasteiger charge is 2.15. The van der Waals surface area contributed by atoms with E-state index in [0.717, 1.165) is 12.5 Å². The zero-order chi connectivity index (χ0) is 15.1. The molecule has 3 amide bonds. The number of hydrogen-bond donors (Lipinski definition) is 3. The van der Waals surface area contributed by atoms with Crippen LogP contribution in [-0.2, 0) is 4.79 Å². The summed E-state index contributed by atoms with van der Waals surface area (Å²) in [5.74, 6) is -4.95. The molecule has 0 aliphatic rings. The molecule has 1 aromatic rings. The molecule has 0 saturated carbocycles. The molecule has 0 aliphatic heterocycles. The molecule has 8 heteroatoms. The van der Waals surface area contributed by atoms with Crippen LogP contribution in [0.25, 0.3) is 0 Å². The van der Waals surface area contributed by atoms with Crippen molar-refractivity contribution in [3.05, 3.63) is 29.6 Å². The standard InChI is InChI=1S/C12H14F3N3O2/c1-2-5-16-9(19)6-17-12(20)18-8-4-3-7(13)10(14)11(8)15/h3-4H,2,5-6H2,1H3,(H,16,19)(H2,17,18,20). The number of halogens is 3. The average molecular weight is 289 g/mol. The highest BCUT2D eigenvalue weighted by atomic mass is 19.2. The number of carbonyl (C=O) groups is 2. The van der Waals surface area contributed by atoms with E-state index < -0.39 is 35.1 Å². The maximum absolute atomic E-state index is 13.3. The normalized spacial score (nSPS) is 10.0. The van der Waals surface area contributed by atoms with Gasteiger partial charge in [0.05, 0.1) is 12.2 Å². The van der Waals surface area contributed by atoms with Gasteiger partial charge in [-0.3, -0.25) is 4.79 Å². The highest BCUT2D eigenvalue weighted by molar-refractivity contribution is 5.92. The van der Waals surface area contributed by atoms with Crippen molar-refractivity contribution in [3.8, 4) is 0 Å². The van der Waals surface area contributed by atoms with Crippen molar-refractivity contribution in [2.75, 3.05) is 18.4 Å². The van der Waals surface area contributed by atoms with Crippen LogP contribution >= 0.6 is 0 Å². The van der Waals surface area contributed by atoms with Crippen LogP contribution in [0.2, 0.25) is 0 Å². The van der Waals surface area contributed by atoms with E-state index >= 15 is 0 Å². The zero-order valence-electron chi connectivity index (χ0n) is 10.7. The highest BCUT2D eigenvalue weighted by Crippen LogP contribution is 2.19. The lowest BCUT2D eigenvalue weighted by Gasteiger charge is -2.09. The van der Waals surface area contributed by atoms with Crippen LogP contribution < -0.4 is 16.0 Å². The van der Waals surface area contributed by atoms with Gasteiger partial charge < -0.3 is 16.0 Å². The molecule has 0 heterocycles. The number of rotatable bonds is 5. The summed E-state index contributed by atoms with van der Waals surface area (Å²) in [5.41, 5.74) is -0.518. The first-order valence-electron chi connectivity index (χ1n) is 5.90. The average Bonchev–Trinajstić information content (AvgIpc) is 2.43. The first-order chi connectivity index (χ1) is 9.45. The maximum Gasteiger partial charge on any atom is 0.319 e. The Morgan fingerprint density at radius 2 is 1.80 bits per heavy atom. The lowest BCUT2D eigenvalue weighted by atomic mass is 10.3. The second-order valence-electron chi connectivity index (χ2n) is 3.88. The summed E-state index contributed by atoms with van der Waals surface area (Å²) in [6.07, 6.45) is 0.748. The summed E-state index contributed by atoms with van der Waals surface area (Å²) in [6, 6.07) is 0.661. The summed E-state index contributed by atoms with van der Waals surface area (Å²) in [4.78, 5) is 22.5. The van der Waals surface area contributed by atoms with Crippen LogP contribution in [0.1, 0.15) is 13.3 Å². The molecule has 0 spiro atoms. The minimum absolute atomic E-state index is 0.308. The van der Waals surface area contributed by atoms with Crippen LogP contribution in [0.4, 0.5) is 23.7 Å². The molecule has 20 heavy (non-hydrogen) atoms. The van der Waals surface area contributed by atoms with Crippen molar-refractivity contribution in [1.82, 2.24) is 10.6 Å². The lowest BCUT2D eigenvalue weighted by molar-refractivity contribution is -0.120. The Bertz CT molecular complexity index is 509. The van der Waals surface area contributed by atoms with Gasteiger partial charge in [-0.15, -0.1) is 0 Å². The number of nitrogens with one attached hydrogen (secondary N) is 3. The quantitative estimate of drug-likeness (QED) is 0.723. The molecule has 1 rings (SSSR count). The fraction of sp³-hybridized carbons (Fsp3) is 0.333. The maximum atomic E-state index is 13.3. The zero-order valence-corrected chi connectivity index (χ0v) is 10.7. The monoisotopic (exact) mass is 289 g/mol. The predicted octanol–water partition coefficient (Wildman–Crippen LogP) is 1.75. The summed E-state index contributed by atoms with van der Waals surface area (Å²) < 4.78 is 38.8. The molecule has 0 bridgehead atoms. The molecule has 110 valence electrons. The SMILES string of the molecule is CCCNC(=O)CNC(=O)Nc1ccc(F)c(F)c1F. The van der Waals surface area contributed by atoms with E-state index in [1.807, 2.05) is 12.2 Å². The van der Waals surface area contributed by atoms with Gasteiger partial charge in [-0.2, -0.15) is 0 Å². The number of hydrogen-bond acceptors (Lipinski definition) is 2. The van der Waals surface area contributed by atoms with Crippen molar-refractivity contribution >= 4 is 17.6 Å². The van der Waals surface area contributed by atoms with E-state index in [-0.39, 0.29) is 6.54 Å². The van der Waals surface area contributed by atoms with Gasteiger partial charge in [0.2, 0.25) is 5.91 Å². The third-order valence-corrected chi connectivity index (χ3v) is 2.27. The van der Waals surface area contributed by atoms with Crippen LogP contribution in [0.15, 0.2) is 12.1 Å². The first-order valence-corrected chi connectivity index (χ1v) is 5.90. The summed E-state index contributed by atoms with van der Waals surface area (Å²) in [5, 5.41) is 6.65. The Hall–Kier alpha value is -2.25. The number of anilines is 1. The number of carbonyl (C=O) groups excluding carboxylic acids is 2. The summed E-state index contributed by atoms with van der Waals surface area (Å²) in [7, 11) is 0.